The van der Waals surface area contributed by atoms with Gasteiger partial charge in [0.2, 0.25) is 10.0 Å². The quantitative estimate of drug-likeness (QED) is 0.646. The van der Waals surface area contributed by atoms with Crippen LogP contribution < -0.4 is 4.72 Å². The monoisotopic (exact) mass is 381 g/mol. The molecule has 5 heteroatoms. The van der Waals surface area contributed by atoms with Gasteiger partial charge in [0.05, 0.1) is 11.0 Å². The van der Waals surface area contributed by atoms with E-state index in [0.29, 0.717) is 0 Å². The summed E-state index contributed by atoms with van der Waals surface area (Å²) in [5.41, 5.74) is 2.56. The first-order valence-electron chi connectivity index (χ1n) is 8.83. The molecular weight excluding hydrogens is 358 g/mol. The van der Waals surface area contributed by atoms with Crippen LogP contribution in [-0.4, -0.2) is 13.5 Å². The van der Waals surface area contributed by atoms with Gasteiger partial charge in [0.1, 0.15) is 0 Å². The van der Waals surface area contributed by atoms with E-state index in [2.05, 4.69) is 4.72 Å². The zero-order chi connectivity index (χ0) is 19.3. The number of hydrogen-bond donors (Lipinski definition) is 2. The number of rotatable bonds is 7. The highest BCUT2D eigenvalue weighted by molar-refractivity contribution is 7.89. The van der Waals surface area contributed by atoms with E-state index >= 15 is 0 Å². The summed E-state index contributed by atoms with van der Waals surface area (Å²) < 4.78 is 28.5. The van der Waals surface area contributed by atoms with E-state index in [9.17, 15) is 13.5 Å². The maximum atomic E-state index is 12.9. The number of aliphatic hydroxyl groups is 1. The molecule has 0 bridgehead atoms. The minimum absolute atomic E-state index is 0.211. The fourth-order valence-electron chi connectivity index (χ4n) is 2.94. The van der Waals surface area contributed by atoms with E-state index in [-0.39, 0.29) is 11.3 Å². The van der Waals surface area contributed by atoms with Crippen LogP contribution in [0.15, 0.2) is 89.8 Å². The first-order valence-corrected chi connectivity index (χ1v) is 10.3. The SMILES string of the molecule is Cc1ccc(S(=O)(=O)NC(CC(O)c2ccccc2)c2ccccc2)cc1. The van der Waals surface area contributed by atoms with Gasteiger partial charge in [-0.05, 0) is 36.6 Å². The average molecular weight is 381 g/mol. The van der Waals surface area contributed by atoms with Gasteiger partial charge in [-0.2, -0.15) is 0 Å². The number of aliphatic hydroxyl groups excluding tert-OH is 1. The van der Waals surface area contributed by atoms with Crippen LogP contribution >= 0.6 is 0 Å². The van der Waals surface area contributed by atoms with Crippen LogP contribution in [0.1, 0.15) is 35.3 Å². The van der Waals surface area contributed by atoms with Crippen LogP contribution in [0.2, 0.25) is 0 Å². The molecule has 0 aliphatic rings. The fourth-order valence-corrected chi connectivity index (χ4v) is 4.18. The van der Waals surface area contributed by atoms with Gasteiger partial charge in [0.15, 0.2) is 0 Å². The Morgan fingerprint density at radius 1 is 0.815 bits per heavy atom. The van der Waals surface area contributed by atoms with Crippen molar-refractivity contribution in [3.8, 4) is 0 Å². The van der Waals surface area contributed by atoms with Crippen molar-refractivity contribution in [3.05, 3.63) is 102 Å². The summed E-state index contributed by atoms with van der Waals surface area (Å²) in [6.07, 6.45) is -0.545. The second kappa shape index (κ2) is 8.48. The molecule has 0 aliphatic carbocycles. The van der Waals surface area contributed by atoms with Crippen molar-refractivity contribution < 1.29 is 13.5 Å². The summed E-state index contributed by atoms with van der Waals surface area (Å²) >= 11 is 0. The van der Waals surface area contributed by atoms with Gasteiger partial charge < -0.3 is 5.11 Å². The highest BCUT2D eigenvalue weighted by atomic mass is 32.2. The summed E-state index contributed by atoms with van der Waals surface area (Å²) in [6, 6.07) is 24.7. The highest BCUT2D eigenvalue weighted by Crippen LogP contribution is 2.28. The molecule has 27 heavy (non-hydrogen) atoms. The number of nitrogens with one attached hydrogen (secondary N) is 1. The zero-order valence-electron chi connectivity index (χ0n) is 15.1. The normalized spacial score (nSPS) is 13.9. The molecule has 0 saturated heterocycles. The standard InChI is InChI=1S/C22H23NO3S/c1-17-12-14-20(15-13-17)27(25,26)23-21(18-8-4-2-5-9-18)16-22(24)19-10-6-3-7-11-19/h2-15,21-24H,16H2,1H3. The molecule has 4 nitrogen and oxygen atoms in total. The molecule has 0 fully saturated rings. The topological polar surface area (TPSA) is 66.4 Å². The lowest BCUT2D eigenvalue weighted by atomic mass is 9.97. The van der Waals surface area contributed by atoms with Gasteiger partial charge in [0, 0.05) is 6.04 Å². The molecule has 0 aromatic heterocycles. The van der Waals surface area contributed by atoms with Crippen LogP contribution in [0.4, 0.5) is 0 Å². The second-order valence-electron chi connectivity index (χ2n) is 6.56. The lowest BCUT2D eigenvalue weighted by molar-refractivity contribution is 0.155. The van der Waals surface area contributed by atoms with E-state index in [1.54, 1.807) is 24.3 Å². The number of sulfonamides is 1. The number of aryl methyl sites for hydroxylation is 1. The molecular formula is C22H23NO3S. The molecule has 3 rings (SSSR count). The summed E-state index contributed by atoms with van der Waals surface area (Å²) in [5.74, 6) is 0. The molecule has 2 unspecified atom stereocenters. The first kappa shape index (κ1) is 19.3. The minimum atomic E-state index is -3.71. The summed E-state index contributed by atoms with van der Waals surface area (Å²) in [5, 5.41) is 10.6. The van der Waals surface area contributed by atoms with Gasteiger partial charge in [-0.25, -0.2) is 13.1 Å². The second-order valence-corrected chi connectivity index (χ2v) is 8.27. The third kappa shape index (κ3) is 5.04. The molecule has 3 aromatic rings. The molecule has 0 spiro atoms. The molecule has 140 valence electrons. The number of benzene rings is 3. The smallest absolute Gasteiger partial charge is 0.241 e. The molecule has 3 aromatic carbocycles. The average Bonchev–Trinajstić information content (AvgIpc) is 2.69. The fraction of sp³-hybridized carbons (Fsp3) is 0.182. The summed E-state index contributed by atoms with van der Waals surface area (Å²) in [6.45, 7) is 1.91. The van der Waals surface area contributed by atoms with E-state index in [1.165, 1.54) is 0 Å². The molecule has 0 radical (unpaired) electrons. The van der Waals surface area contributed by atoms with E-state index in [4.69, 9.17) is 0 Å². The Balaban J connectivity index is 1.87. The van der Waals surface area contributed by atoms with Crippen molar-refractivity contribution in [1.82, 2.24) is 4.72 Å². The lowest BCUT2D eigenvalue weighted by Crippen LogP contribution is -2.30. The third-order valence-corrected chi connectivity index (χ3v) is 5.96. The van der Waals surface area contributed by atoms with E-state index < -0.39 is 22.2 Å². The van der Waals surface area contributed by atoms with Gasteiger partial charge in [-0.3, -0.25) is 0 Å². The third-order valence-electron chi connectivity index (χ3n) is 4.47. The van der Waals surface area contributed by atoms with Crippen LogP contribution in [0.3, 0.4) is 0 Å². The van der Waals surface area contributed by atoms with Crippen molar-refractivity contribution in [3.63, 3.8) is 0 Å². The lowest BCUT2D eigenvalue weighted by Gasteiger charge is -2.22. The molecule has 0 heterocycles. The zero-order valence-corrected chi connectivity index (χ0v) is 15.9. The van der Waals surface area contributed by atoms with Crippen molar-refractivity contribution in [2.24, 2.45) is 0 Å². The van der Waals surface area contributed by atoms with Gasteiger partial charge >= 0.3 is 0 Å². The molecule has 0 amide bonds. The molecule has 2 atom stereocenters. The van der Waals surface area contributed by atoms with Gasteiger partial charge in [-0.1, -0.05) is 78.4 Å². The van der Waals surface area contributed by atoms with Crippen LogP contribution in [-0.2, 0) is 10.0 Å². The highest BCUT2D eigenvalue weighted by Gasteiger charge is 2.24. The van der Waals surface area contributed by atoms with Crippen LogP contribution in [0.25, 0.3) is 0 Å². The first-order chi connectivity index (χ1) is 13.0. The Morgan fingerprint density at radius 2 is 1.33 bits per heavy atom. The van der Waals surface area contributed by atoms with Crippen molar-refractivity contribution in [2.45, 2.75) is 30.4 Å². The van der Waals surface area contributed by atoms with Crippen LogP contribution in [0.5, 0.6) is 0 Å². The predicted molar refractivity (Wildman–Crippen MR) is 107 cm³/mol. The number of hydrogen-bond acceptors (Lipinski definition) is 3. The Bertz CT molecular complexity index is 955. The Labute approximate surface area is 160 Å². The Kier molecular flexibility index (Phi) is 6.06. The predicted octanol–water partition coefficient (Wildman–Crippen LogP) is 4.14. The molecule has 0 aliphatic heterocycles. The maximum absolute atomic E-state index is 12.9. The van der Waals surface area contributed by atoms with Crippen molar-refractivity contribution in [2.75, 3.05) is 0 Å². The Morgan fingerprint density at radius 3 is 1.89 bits per heavy atom. The molecule has 0 saturated carbocycles. The van der Waals surface area contributed by atoms with Gasteiger partial charge in [-0.15, -0.1) is 0 Å². The van der Waals surface area contributed by atoms with Crippen molar-refractivity contribution >= 4 is 10.0 Å². The van der Waals surface area contributed by atoms with Gasteiger partial charge in [0.25, 0.3) is 0 Å². The largest absolute Gasteiger partial charge is 0.388 e. The summed E-state index contributed by atoms with van der Waals surface area (Å²) in [4.78, 5) is 0.211. The van der Waals surface area contributed by atoms with Crippen molar-refractivity contribution in [1.29, 1.82) is 0 Å². The van der Waals surface area contributed by atoms with E-state index in [0.717, 1.165) is 16.7 Å². The van der Waals surface area contributed by atoms with Crippen LogP contribution in [0, 0.1) is 6.92 Å². The Hall–Kier alpha value is -2.47. The molecule has 2 N–H and O–H groups in total. The summed E-state index contributed by atoms with van der Waals surface area (Å²) in [7, 11) is -3.71. The van der Waals surface area contributed by atoms with E-state index in [1.807, 2.05) is 67.6 Å². The minimum Gasteiger partial charge on any atom is -0.388 e. The maximum Gasteiger partial charge on any atom is 0.241 e.